The van der Waals surface area contributed by atoms with E-state index in [0.29, 0.717) is 0 Å². The lowest BCUT2D eigenvalue weighted by Gasteiger charge is -2.34. The van der Waals surface area contributed by atoms with E-state index in [1.165, 1.54) is 0 Å². The Hall–Kier alpha value is -1.03. The maximum atomic E-state index is 11.2. The van der Waals surface area contributed by atoms with Gasteiger partial charge in [-0.25, -0.2) is 4.79 Å². The topological polar surface area (TPSA) is 40.5 Å². The third kappa shape index (κ3) is 2.38. The fourth-order valence-electron chi connectivity index (χ4n) is 2.15. The Morgan fingerprint density at radius 3 is 2.94 bits per heavy atom. The van der Waals surface area contributed by atoms with Crippen LogP contribution in [-0.4, -0.2) is 23.7 Å². The highest BCUT2D eigenvalue weighted by Gasteiger charge is 2.28. The van der Waals surface area contributed by atoms with Crippen LogP contribution in [0, 0.1) is 0 Å². The normalized spacial score (nSPS) is 20.8. The fourth-order valence-corrected chi connectivity index (χ4v) is 2.54. The zero-order chi connectivity index (χ0) is 11.5. The van der Waals surface area contributed by atoms with Gasteiger partial charge in [-0.2, -0.15) is 0 Å². The van der Waals surface area contributed by atoms with Crippen molar-refractivity contribution in [2.24, 2.45) is 0 Å². The minimum atomic E-state index is -0.723. The largest absolute Gasteiger partial charge is 0.480 e. The molecule has 0 aromatic heterocycles. The molecule has 3 nitrogen and oxygen atoms in total. The molecule has 1 atom stereocenters. The molecule has 0 aliphatic carbocycles. The molecule has 0 spiro atoms. The van der Waals surface area contributed by atoms with Crippen molar-refractivity contribution in [3.05, 3.63) is 28.7 Å². The molecule has 16 heavy (non-hydrogen) atoms. The van der Waals surface area contributed by atoms with E-state index in [1.807, 2.05) is 29.2 Å². The Morgan fingerprint density at radius 2 is 2.25 bits per heavy atom. The van der Waals surface area contributed by atoms with Crippen molar-refractivity contribution in [1.82, 2.24) is 0 Å². The van der Waals surface area contributed by atoms with Crippen molar-refractivity contribution in [2.45, 2.75) is 25.3 Å². The first kappa shape index (κ1) is 11.5. The van der Waals surface area contributed by atoms with Crippen LogP contribution >= 0.6 is 15.9 Å². The molecule has 0 amide bonds. The number of halogens is 1. The summed E-state index contributed by atoms with van der Waals surface area (Å²) in [4.78, 5) is 13.2. The highest BCUT2D eigenvalue weighted by atomic mass is 79.9. The number of aliphatic carboxylic acids is 1. The first-order valence-electron chi connectivity index (χ1n) is 5.43. The first-order valence-corrected chi connectivity index (χ1v) is 6.23. The van der Waals surface area contributed by atoms with Crippen LogP contribution in [0.1, 0.15) is 19.3 Å². The van der Waals surface area contributed by atoms with E-state index >= 15 is 0 Å². The highest BCUT2D eigenvalue weighted by molar-refractivity contribution is 9.10. The maximum absolute atomic E-state index is 11.2. The molecule has 86 valence electrons. The van der Waals surface area contributed by atoms with Crippen molar-refractivity contribution in [3.8, 4) is 0 Å². The van der Waals surface area contributed by atoms with E-state index in [-0.39, 0.29) is 6.04 Å². The van der Waals surface area contributed by atoms with Gasteiger partial charge >= 0.3 is 5.97 Å². The molecule has 1 fully saturated rings. The van der Waals surface area contributed by atoms with Gasteiger partial charge < -0.3 is 10.0 Å². The number of nitrogens with zero attached hydrogens (tertiary/aromatic N) is 1. The zero-order valence-electron chi connectivity index (χ0n) is 8.90. The zero-order valence-corrected chi connectivity index (χ0v) is 10.5. The number of hydrogen-bond acceptors (Lipinski definition) is 2. The summed E-state index contributed by atoms with van der Waals surface area (Å²) in [5.74, 6) is -0.723. The van der Waals surface area contributed by atoms with Gasteiger partial charge in [-0.1, -0.05) is 22.0 Å². The molecule has 0 radical (unpaired) electrons. The molecule has 1 unspecified atom stereocenters. The number of hydrogen-bond donors (Lipinski definition) is 1. The standard InChI is InChI=1S/C12H14BrNO2/c13-9-4-3-5-10(8-9)14-7-2-1-6-11(14)12(15)16/h3-5,8,11H,1-2,6-7H2,(H,15,16). The van der Waals surface area contributed by atoms with Crippen molar-refractivity contribution < 1.29 is 9.90 Å². The number of carboxylic acids is 1. The lowest BCUT2D eigenvalue weighted by Crippen LogP contribution is -2.44. The number of benzene rings is 1. The van der Waals surface area contributed by atoms with Gasteiger partial charge in [0.2, 0.25) is 0 Å². The Balaban J connectivity index is 2.26. The molecule has 1 N–H and O–H groups in total. The minimum Gasteiger partial charge on any atom is -0.480 e. The van der Waals surface area contributed by atoms with E-state index in [1.54, 1.807) is 0 Å². The fraction of sp³-hybridized carbons (Fsp3) is 0.417. The molecule has 0 saturated carbocycles. The molecule has 1 aromatic carbocycles. The van der Waals surface area contributed by atoms with Crippen LogP contribution in [0.2, 0.25) is 0 Å². The predicted octanol–water partition coefficient (Wildman–Crippen LogP) is 2.89. The number of piperidine rings is 1. The summed E-state index contributed by atoms with van der Waals surface area (Å²) >= 11 is 3.41. The second-order valence-corrected chi connectivity index (χ2v) is 4.94. The number of carbonyl (C=O) groups is 1. The molecule has 1 aliphatic heterocycles. The van der Waals surface area contributed by atoms with Gasteiger partial charge in [0, 0.05) is 16.7 Å². The summed E-state index contributed by atoms with van der Waals surface area (Å²) < 4.78 is 0.986. The third-order valence-corrected chi connectivity index (χ3v) is 3.42. The highest BCUT2D eigenvalue weighted by Crippen LogP contribution is 2.27. The van der Waals surface area contributed by atoms with Gasteiger partial charge in [0.05, 0.1) is 0 Å². The quantitative estimate of drug-likeness (QED) is 0.907. The molecule has 1 heterocycles. The van der Waals surface area contributed by atoms with Gasteiger partial charge in [0.25, 0.3) is 0 Å². The van der Waals surface area contributed by atoms with E-state index in [2.05, 4.69) is 15.9 Å². The summed E-state index contributed by atoms with van der Waals surface area (Å²) in [6, 6.07) is 7.45. The van der Waals surface area contributed by atoms with Crippen molar-refractivity contribution >= 4 is 27.6 Å². The molecule has 1 aromatic rings. The maximum Gasteiger partial charge on any atom is 0.326 e. The smallest absolute Gasteiger partial charge is 0.326 e. The van der Waals surface area contributed by atoms with Crippen LogP contribution in [0.15, 0.2) is 28.7 Å². The van der Waals surface area contributed by atoms with Crippen LogP contribution < -0.4 is 4.90 Å². The summed E-state index contributed by atoms with van der Waals surface area (Å²) in [5, 5.41) is 9.19. The van der Waals surface area contributed by atoms with Crippen molar-refractivity contribution in [2.75, 3.05) is 11.4 Å². The number of rotatable bonds is 2. The van der Waals surface area contributed by atoms with E-state index in [9.17, 15) is 9.90 Å². The molecule has 2 rings (SSSR count). The van der Waals surface area contributed by atoms with Gasteiger partial charge in [-0.05, 0) is 37.5 Å². The van der Waals surface area contributed by atoms with E-state index < -0.39 is 5.97 Å². The Morgan fingerprint density at radius 1 is 1.44 bits per heavy atom. The van der Waals surface area contributed by atoms with Gasteiger partial charge in [-0.15, -0.1) is 0 Å². The van der Waals surface area contributed by atoms with Crippen molar-refractivity contribution in [3.63, 3.8) is 0 Å². The summed E-state index contributed by atoms with van der Waals surface area (Å²) in [7, 11) is 0. The Labute approximate surface area is 103 Å². The Kier molecular flexibility index (Phi) is 3.49. The second kappa shape index (κ2) is 4.87. The monoisotopic (exact) mass is 283 g/mol. The van der Waals surface area contributed by atoms with E-state index in [0.717, 1.165) is 36.0 Å². The minimum absolute atomic E-state index is 0.372. The first-order chi connectivity index (χ1) is 7.68. The summed E-state index contributed by atoms with van der Waals surface area (Å²) in [6.07, 6.45) is 2.81. The number of carboxylic acid groups (broad SMARTS) is 1. The van der Waals surface area contributed by atoms with Crippen LogP contribution in [0.5, 0.6) is 0 Å². The molecule has 0 bridgehead atoms. The van der Waals surface area contributed by atoms with Gasteiger partial charge in [0.15, 0.2) is 0 Å². The summed E-state index contributed by atoms with van der Waals surface area (Å²) in [5.41, 5.74) is 0.987. The third-order valence-electron chi connectivity index (χ3n) is 2.93. The lowest BCUT2D eigenvalue weighted by atomic mass is 10.0. The predicted molar refractivity (Wildman–Crippen MR) is 66.8 cm³/mol. The molecule has 4 heteroatoms. The van der Waals surface area contributed by atoms with Crippen LogP contribution in [0.4, 0.5) is 5.69 Å². The Bertz CT molecular complexity index is 394. The molecular formula is C12H14BrNO2. The van der Waals surface area contributed by atoms with Gasteiger partial charge in [0.1, 0.15) is 6.04 Å². The average Bonchev–Trinajstić information content (AvgIpc) is 2.29. The van der Waals surface area contributed by atoms with Crippen molar-refractivity contribution in [1.29, 1.82) is 0 Å². The van der Waals surface area contributed by atoms with Crippen LogP contribution in [0.25, 0.3) is 0 Å². The average molecular weight is 284 g/mol. The van der Waals surface area contributed by atoms with Crippen LogP contribution in [-0.2, 0) is 4.79 Å². The SMILES string of the molecule is O=C(O)C1CCCCN1c1cccc(Br)c1. The molecular weight excluding hydrogens is 270 g/mol. The number of anilines is 1. The van der Waals surface area contributed by atoms with Crippen LogP contribution in [0.3, 0.4) is 0 Å². The second-order valence-electron chi connectivity index (χ2n) is 4.02. The summed E-state index contributed by atoms with van der Waals surface area (Å²) in [6.45, 7) is 0.827. The molecule has 1 aliphatic rings. The molecule has 1 saturated heterocycles. The lowest BCUT2D eigenvalue weighted by molar-refractivity contribution is -0.139. The van der Waals surface area contributed by atoms with E-state index in [4.69, 9.17) is 0 Å². The van der Waals surface area contributed by atoms with Gasteiger partial charge in [-0.3, -0.25) is 0 Å².